The van der Waals surface area contributed by atoms with E-state index in [-0.39, 0.29) is 46.9 Å². The summed E-state index contributed by atoms with van der Waals surface area (Å²) in [6, 6.07) is 0. The summed E-state index contributed by atoms with van der Waals surface area (Å²) < 4.78 is 17.5. The van der Waals surface area contributed by atoms with E-state index in [9.17, 15) is 0 Å². The molecule has 0 aliphatic rings. The maximum Gasteiger partial charge on any atom is 0.761 e. The first-order valence-electron chi connectivity index (χ1n) is 1.30. The van der Waals surface area contributed by atoms with Crippen LogP contribution in [-0.4, -0.2) is 37.5 Å². The van der Waals surface area contributed by atoms with E-state index < -0.39 is 18.3 Å². The molecule has 0 aromatic rings. The van der Waals surface area contributed by atoms with Crippen molar-refractivity contribution in [2.24, 2.45) is 0 Å². The van der Waals surface area contributed by atoms with Crippen LogP contribution < -0.4 is 0 Å². The molecule has 0 saturated heterocycles. The van der Waals surface area contributed by atoms with Crippen LogP contribution in [0.15, 0.2) is 0 Å². The Kier molecular flexibility index (Phi) is 21.0. The predicted octanol–water partition coefficient (Wildman–Crippen LogP) is -3.23. The molecule has 0 aliphatic carbocycles. The number of hydrogen-bond acceptors (Lipinski definition) is 2. The Morgan fingerprint density at radius 2 is 0.778 bits per heavy atom. The van der Waals surface area contributed by atoms with E-state index in [2.05, 4.69) is 0 Å². The largest absolute Gasteiger partial charge is 0.761 e. The molecule has 0 atom stereocenters. The van der Waals surface area contributed by atoms with Crippen molar-refractivity contribution in [1.29, 1.82) is 0 Å². The first-order chi connectivity index (χ1) is 3.46. The van der Waals surface area contributed by atoms with Crippen molar-refractivity contribution in [1.82, 2.24) is 0 Å². The van der Waals surface area contributed by atoms with Crippen LogP contribution in [0.5, 0.6) is 0 Å². The summed E-state index contributed by atoms with van der Waals surface area (Å²) in [5, 5.41) is 0. The molecular formula is H4O6Si2Yb. The minimum atomic E-state index is -3.13. The van der Waals surface area contributed by atoms with E-state index in [1.165, 1.54) is 0 Å². The SMILES string of the molecule is O=[Si](O)O.O=[Si](O)O.[Yb]. The van der Waals surface area contributed by atoms with Gasteiger partial charge in [-0.15, -0.1) is 0 Å². The monoisotopic (exact) mass is 330 g/mol. The molecule has 0 heterocycles. The van der Waals surface area contributed by atoms with Crippen molar-refractivity contribution in [2.45, 2.75) is 0 Å². The van der Waals surface area contributed by atoms with Crippen LogP contribution in [0.1, 0.15) is 0 Å². The van der Waals surface area contributed by atoms with Gasteiger partial charge in [-0.3, -0.25) is 8.92 Å². The summed E-state index contributed by atoms with van der Waals surface area (Å²) in [6.45, 7) is 0. The van der Waals surface area contributed by atoms with Crippen LogP contribution in [-0.2, 0) is 8.92 Å². The number of rotatable bonds is 0. The Balaban J connectivity index is -0.0000000720. The third-order valence-corrected chi connectivity index (χ3v) is 0. The van der Waals surface area contributed by atoms with E-state index in [0.717, 1.165) is 0 Å². The molecule has 0 bridgehead atoms. The molecule has 0 aromatic carbocycles. The van der Waals surface area contributed by atoms with Gasteiger partial charge in [-0.25, -0.2) is 0 Å². The molecular weight excluding hydrogens is 325 g/mol. The Morgan fingerprint density at radius 3 is 0.778 bits per heavy atom. The third kappa shape index (κ3) is 704. The molecule has 4 N–H and O–H groups in total. The molecule has 0 rings (SSSR count). The van der Waals surface area contributed by atoms with E-state index in [1.54, 1.807) is 0 Å². The molecule has 0 unspecified atom stereocenters. The van der Waals surface area contributed by atoms with Crippen LogP contribution in [0.4, 0.5) is 0 Å². The maximum absolute atomic E-state index is 8.74. The molecule has 0 aromatic heterocycles. The van der Waals surface area contributed by atoms with Gasteiger partial charge in [0.2, 0.25) is 0 Å². The van der Waals surface area contributed by atoms with Crippen LogP contribution >= 0.6 is 0 Å². The van der Waals surface area contributed by atoms with Gasteiger partial charge in [0.15, 0.2) is 0 Å². The van der Waals surface area contributed by atoms with Crippen molar-refractivity contribution in [3.63, 3.8) is 0 Å². The summed E-state index contributed by atoms with van der Waals surface area (Å²) in [5.41, 5.74) is 0. The molecule has 62 valence electrons. The van der Waals surface area contributed by atoms with E-state index >= 15 is 0 Å². The standard InChI is InChI=1S/2H2O3Si.Yb/c2*1-4(2)3;/h2*1-2H;. The summed E-state index contributed by atoms with van der Waals surface area (Å²) in [4.78, 5) is 28.6. The van der Waals surface area contributed by atoms with Gasteiger partial charge >= 0.3 is 18.3 Å². The molecule has 9 heteroatoms. The van der Waals surface area contributed by atoms with Gasteiger partial charge in [-0.05, 0) is 0 Å². The third-order valence-electron chi connectivity index (χ3n) is 0. The molecule has 0 aliphatic heterocycles. The smallest absolute Gasteiger partial charge is 0.511 e. The second-order valence-corrected chi connectivity index (χ2v) is 1.70. The van der Waals surface area contributed by atoms with E-state index in [1.807, 2.05) is 0 Å². The van der Waals surface area contributed by atoms with Crippen molar-refractivity contribution in [2.75, 3.05) is 0 Å². The fraction of sp³-hybridized carbons (Fsp3) is 0. The Labute approximate surface area is 92.2 Å². The zero-order chi connectivity index (χ0) is 7.15. The average molecular weight is 329 g/mol. The minimum absolute atomic E-state index is 0. The molecule has 0 amide bonds. The molecule has 0 radical (unpaired) electrons. The average Bonchev–Trinajstić information content (AvgIpc) is 1.25. The molecule has 0 fully saturated rings. The summed E-state index contributed by atoms with van der Waals surface area (Å²) in [6.07, 6.45) is 0. The van der Waals surface area contributed by atoms with Gasteiger partial charge in [-0.1, -0.05) is 0 Å². The fourth-order valence-corrected chi connectivity index (χ4v) is 0. The van der Waals surface area contributed by atoms with Crippen molar-refractivity contribution in [3.05, 3.63) is 0 Å². The van der Waals surface area contributed by atoms with Crippen molar-refractivity contribution < 1.29 is 75.0 Å². The van der Waals surface area contributed by atoms with E-state index in [0.29, 0.717) is 0 Å². The summed E-state index contributed by atoms with van der Waals surface area (Å²) in [7, 11) is -6.26. The molecule has 0 spiro atoms. The van der Waals surface area contributed by atoms with Crippen LogP contribution in [0.2, 0.25) is 0 Å². The van der Waals surface area contributed by atoms with Gasteiger partial charge < -0.3 is 19.2 Å². The normalized spacial score (nSPS) is 5.33. The van der Waals surface area contributed by atoms with E-state index in [4.69, 9.17) is 28.1 Å². The second kappa shape index (κ2) is 11.5. The number of hydrogen-bond donors (Lipinski definition) is 4. The second-order valence-electron chi connectivity index (χ2n) is 0.565. The molecule has 0 saturated carbocycles. The quantitative estimate of drug-likeness (QED) is 0.348. The first-order valence-corrected chi connectivity index (χ1v) is 3.91. The Morgan fingerprint density at radius 1 is 0.778 bits per heavy atom. The van der Waals surface area contributed by atoms with Gasteiger partial charge in [0.05, 0.1) is 0 Å². The van der Waals surface area contributed by atoms with Crippen LogP contribution in [0.25, 0.3) is 0 Å². The maximum atomic E-state index is 8.74. The Hall–Kier alpha value is 0.753. The minimum Gasteiger partial charge on any atom is -0.511 e. The zero-order valence-electron chi connectivity index (χ0n) is 3.87. The molecule has 6 nitrogen and oxygen atoms in total. The van der Waals surface area contributed by atoms with Crippen molar-refractivity contribution >= 4 is 18.3 Å². The summed E-state index contributed by atoms with van der Waals surface area (Å²) >= 11 is 0. The van der Waals surface area contributed by atoms with Gasteiger partial charge in [-0.2, -0.15) is 0 Å². The predicted molar refractivity (Wildman–Crippen MR) is 21.8 cm³/mol. The van der Waals surface area contributed by atoms with Gasteiger partial charge in [0, 0.05) is 46.9 Å². The van der Waals surface area contributed by atoms with Gasteiger partial charge in [0.25, 0.3) is 0 Å². The fourth-order valence-electron chi connectivity index (χ4n) is 0. The first kappa shape index (κ1) is 16.4. The van der Waals surface area contributed by atoms with Gasteiger partial charge in [0.1, 0.15) is 0 Å². The van der Waals surface area contributed by atoms with Crippen molar-refractivity contribution in [3.8, 4) is 0 Å². The zero-order valence-corrected chi connectivity index (χ0v) is 7.59. The van der Waals surface area contributed by atoms with Crippen LogP contribution in [0.3, 0.4) is 0 Å². The Bertz CT molecular complexity index is 69.1. The summed E-state index contributed by atoms with van der Waals surface area (Å²) in [5.74, 6) is 0. The molecule has 9 heavy (non-hydrogen) atoms. The van der Waals surface area contributed by atoms with Crippen LogP contribution in [0, 0.1) is 46.9 Å². The topological polar surface area (TPSA) is 115 Å².